The normalized spacial score (nSPS) is 30.7. The summed E-state index contributed by atoms with van der Waals surface area (Å²) in [5, 5.41) is 0. The van der Waals surface area contributed by atoms with Gasteiger partial charge in [0.15, 0.2) is 0 Å². The lowest BCUT2D eigenvalue weighted by Gasteiger charge is -2.38. The van der Waals surface area contributed by atoms with Gasteiger partial charge < -0.3 is 4.74 Å². The molecule has 0 saturated carbocycles. The zero-order valence-corrected chi connectivity index (χ0v) is 11.1. The van der Waals surface area contributed by atoms with Gasteiger partial charge in [0.05, 0.1) is 5.60 Å². The van der Waals surface area contributed by atoms with Gasteiger partial charge in [-0.1, -0.05) is 48.1 Å². The van der Waals surface area contributed by atoms with Crippen molar-refractivity contribution >= 4 is 0 Å². The van der Waals surface area contributed by atoms with Crippen LogP contribution < -0.4 is 0 Å². The Morgan fingerprint density at radius 3 is 2.72 bits per heavy atom. The summed E-state index contributed by atoms with van der Waals surface area (Å²) in [5.74, 6) is 0.499. The molecule has 0 heterocycles. The molecule has 1 heteroatoms. The lowest BCUT2D eigenvalue weighted by Crippen LogP contribution is -2.34. The molecule has 0 unspecified atom stereocenters. The number of methoxy groups -OCH3 is 1. The molecule has 1 aromatic rings. The predicted octanol–water partition coefficient (Wildman–Crippen LogP) is 4.23. The minimum atomic E-state index is -0.00857. The van der Waals surface area contributed by atoms with Crippen molar-refractivity contribution in [2.24, 2.45) is 0 Å². The van der Waals surface area contributed by atoms with E-state index in [1.54, 1.807) is 5.57 Å². The van der Waals surface area contributed by atoms with Crippen LogP contribution in [0.5, 0.6) is 0 Å². The summed E-state index contributed by atoms with van der Waals surface area (Å²) < 4.78 is 5.78. The summed E-state index contributed by atoms with van der Waals surface area (Å²) in [6.45, 7) is 2.24. The van der Waals surface area contributed by atoms with Crippen molar-refractivity contribution in [3.05, 3.63) is 59.2 Å². The Hall–Kier alpha value is -1.34. The second-order valence-corrected chi connectivity index (χ2v) is 5.66. The summed E-state index contributed by atoms with van der Waals surface area (Å²) in [6.07, 6.45) is 7.88. The summed E-state index contributed by atoms with van der Waals surface area (Å²) >= 11 is 0. The van der Waals surface area contributed by atoms with Gasteiger partial charge in [0.25, 0.3) is 0 Å². The molecule has 0 fully saturated rings. The zero-order chi connectivity index (χ0) is 12.6. The van der Waals surface area contributed by atoms with E-state index in [-0.39, 0.29) is 5.60 Å². The smallest absolute Gasteiger partial charge is 0.0697 e. The van der Waals surface area contributed by atoms with E-state index >= 15 is 0 Å². The Morgan fingerprint density at radius 2 is 2.00 bits per heavy atom. The van der Waals surface area contributed by atoms with Crippen molar-refractivity contribution in [1.29, 1.82) is 0 Å². The molecule has 0 aliphatic heterocycles. The minimum absolute atomic E-state index is 0.00857. The van der Waals surface area contributed by atoms with E-state index in [1.807, 2.05) is 7.11 Å². The van der Waals surface area contributed by atoms with Crippen LogP contribution in [0.2, 0.25) is 0 Å². The van der Waals surface area contributed by atoms with E-state index in [2.05, 4.69) is 49.4 Å². The van der Waals surface area contributed by atoms with Crippen LogP contribution in [0.25, 0.3) is 0 Å². The lowest BCUT2D eigenvalue weighted by molar-refractivity contribution is -0.00879. The van der Waals surface area contributed by atoms with Crippen molar-refractivity contribution in [2.75, 3.05) is 7.11 Å². The largest absolute Gasteiger partial charge is 0.378 e. The third-order valence-electron chi connectivity index (χ3n) is 4.36. The first-order valence-electron chi connectivity index (χ1n) is 6.70. The monoisotopic (exact) mass is 240 g/mol. The highest BCUT2D eigenvalue weighted by Crippen LogP contribution is 2.47. The van der Waals surface area contributed by atoms with Crippen molar-refractivity contribution in [2.45, 2.75) is 37.7 Å². The maximum absolute atomic E-state index is 5.78. The fourth-order valence-electron chi connectivity index (χ4n) is 3.30. The number of allylic oxidation sites excluding steroid dienone is 3. The summed E-state index contributed by atoms with van der Waals surface area (Å²) in [7, 11) is 1.84. The maximum Gasteiger partial charge on any atom is 0.0697 e. The summed E-state index contributed by atoms with van der Waals surface area (Å²) in [4.78, 5) is 0. The van der Waals surface area contributed by atoms with Crippen LogP contribution in [-0.2, 0) is 4.74 Å². The molecule has 0 amide bonds. The van der Waals surface area contributed by atoms with Gasteiger partial charge in [-0.3, -0.25) is 0 Å². The Bertz CT molecular complexity index is 498. The molecule has 0 bridgehead atoms. The van der Waals surface area contributed by atoms with Crippen LogP contribution in [0.1, 0.15) is 37.7 Å². The molecule has 2 aliphatic rings. The number of rotatable bonds is 2. The van der Waals surface area contributed by atoms with E-state index < -0.39 is 0 Å². The molecule has 0 saturated heterocycles. The van der Waals surface area contributed by atoms with Gasteiger partial charge in [0.2, 0.25) is 0 Å². The molecular weight excluding hydrogens is 220 g/mol. The van der Waals surface area contributed by atoms with Crippen LogP contribution in [0.3, 0.4) is 0 Å². The van der Waals surface area contributed by atoms with Crippen molar-refractivity contribution < 1.29 is 4.74 Å². The van der Waals surface area contributed by atoms with E-state index in [9.17, 15) is 0 Å². The van der Waals surface area contributed by atoms with Gasteiger partial charge in [-0.25, -0.2) is 0 Å². The zero-order valence-electron chi connectivity index (χ0n) is 11.1. The van der Waals surface area contributed by atoms with Crippen LogP contribution in [-0.4, -0.2) is 12.7 Å². The molecule has 3 rings (SSSR count). The standard InChI is InChI=1S/C17H20O/c1-17(18-2)11-14-9-6-10-15(14)16(12-17)13-7-4-3-5-8-13/h3-8,10,16H,9,11-12H2,1-2H3/t16-,17-/m0/s1. The molecule has 0 aromatic heterocycles. The quantitative estimate of drug-likeness (QED) is 0.752. The number of hydrogen-bond acceptors (Lipinski definition) is 1. The van der Waals surface area contributed by atoms with E-state index in [0.29, 0.717) is 5.92 Å². The molecule has 0 N–H and O–H groups in total. The highest BCUT2D eigenvalue weighted by molar-refractivity contribution is 5.45. The Balaban J connectivity index is 2.01. The van der Waals surface area contributed by atoms with Gasteiger partial charge in [-0.05, 0) is 37.3 Å². The van der Waals surface area contributed by atoms with Gasteiger partial charge in [0, 0.05) is 13.0 Å². The van der Waals surface area contributed by atoms with Crippen molar-refractivity contribution in [1.82, 2.24) is 0 Å². The molecule has 0 radical (unpaired) electrons. The van der Waals surface area contributed by atoms with Gasteiger partial charge >= 0.3 is 0 Å². The Kier molecular flexibility index (Phi) is 2.87. The Labute approximate surface area is 109 Å². The fraction of sp³-hybridized carbons (Fsp3) is 0.412. The van der Waals surface area contributed by atoms with Gasteiger partial charge in [-0.2, -0.15) is 0 Å². The van der Waals surface area contributed by atoms with E-state index in [0.717, 1.165) is 19.3 Å². The first kappa shape index (κ1) is 11.7. The first-order valence-corrected chi connectivity index (χ1v) is 6.70. The SMILES string of the molecule is CO[C@@]1(C)CC2=C(C=CC2)[C@H](c2ccccc2)C1. The number of ether oxygens (including phenoxy) is 1. The van der Waals surface area contributed by atoms with Crippen LogP contribution >= 0.6 is 0 Å². The molecule has 1 aromatic carbocycles. The van der Waals surface area contributed by atoms with Crippen LogP contribution in [0, 0.1) is 0 Å². The molecule has 18 heavy (non-hydrogen) atoms. The maximum atomic E-state index is 5.78. The summed E-state index contributed by atoms with van der Waals surface area (Å²) in [6, 6.07) is 10.8. The average Bonchev–Trinajstić information content (AvgIpc) is 2.86. The summed E-state index contributed by atoms with van der Waals surface area (Å²) in [5.41, 5.74) is 4.51. The van der Waals surface area contributed by atoms with E-state index in [1.165, 1.54) is 11.1 Å². The lowest BCUT2D eigenvalue weighted by atomic mass is 9.73. The topological polar surface area (TPSA) is 9.23 Å². The molecule has 2 atom stereocenters. The molecule has 2 aliphatic carbocycles. The van der Waals surface area contributed by atoms with Gasteiger partial charge in [-0.15, -0.1) is 0 Å². The second kappa shape index (κ2) is 4.40. The molecule has 0 spiro atoms. The highest BCUT2D eigenvalue weighted by Gasteiger charge is 2.37. The number of benzene rings is 1. The number of hydrogen-bond donors (Lipinski definition) is 0. The van der Waals surface area contributed by atoms with Crippen LogP contribution in [0.15, 0.2) is 53.6 Å². The highest BCUT2D eigenvalue weighted by atomic mass is 16.5. The van der Waals surface area contributed by atoms with Crippen molar-refractivity contribution in [3.8, 4) is 0 Å². The average molecular weight is 240 g/mol. The fourth-order valence-corrected chi connectivity index (χ4v) is 3.30. The molecule has 94 valence electrons. The first-order chi connectivity index (χ1) is 8.72. The third kappa shape index (κ3) is 1.93. The molecular formula is C17H20O. The minimum Gasteiger partial charge on any atom is -0.378 e. The van der Waals surface area contributed by atoms with E-state index in [4.69, 9.17) is 4.74 Å². The predicted molar refractivity (Wildman–Crippen MR) is 74.6 cm³/mol. The molecule has 1 nitrogen and oxygen atoms in total. The second-order valence-electron chi connectivity index (χ2n) is 5.66. The van der Waals surface area contributed by atoms with Crippen LogP contribution in [0.4, 0.5) is 0 Å². The Morgan fingerprint density at radius 1 is 1.22 bits per heavy atom. The van der Waals surface area contributed by atoms with Crippen molar-refractivity contribution in [3.63, 3.8) is 0 Å². The third-order valence-corrected chi connectivity index (χ3v) is 4.36. The van der Waals surface area contributed by atoms with Gasteiger partial charge in [0.1, 0.15) is 0 Å².